The molecule has 1 aliphatic rings. The van der Waals surface area contributed by atoms with Crippen LogP contribution in [-0.4, -0.2) is 70.1 Å². The Bertz CT molecular complexity index is 1500. The molecule has 1 saturated heterocycles. The van der Waals surface area contributed by atoms with E-state index in [1.54, 1.807) is 54.6 Å². The first-order valence-electron chi connectivity index (χ1n) is 13.2. The fourth-order valence-corrected chi connectivity index (χ4v) is 4.55. The average Bonchev–Trinajstić information content (AvgIpc) is 3.38. The predicted molar refractivity (Wildman–Crippen MR) is 149 cm³/mol. The minimum Gasteiger partial charge on any atom is -0.493 e. The van der Waals surface area contributed by atoms with Crippen molar-refractivity contribution in [1.29, 1.82) is 0 Å². The number of carboxylic acid groups (broad SMARTS) is 1. The number of carboxylic acids is 1. The van der Waals surface area contributed by atoms with Crippen LogP contribution in [0.4, 0.5) is 4.79 Å². The minimum absolute atomic E-state index is 0.0555. The summed E-state index contributed by atoms with van der Waals surface area (Å²) in [4.78, 5) is 44.9. The van der Waals surface area contributed by atoms with Crippen LogP contribution in [0, 0.1) is 6.92 Å². The van der Waals surface area contributed by atoms with E-state index in [4.69, 9.17) is 13.9 Å². The Morgan fingerprint density at radius 2 is 1.61 bits per heavy atom. The molecule has 4 aromatic rings. The van der Waals surface area contributed by atoms with Crippen LogP contribution in [0.5, 0.6) is 11.5 Å². The maximum Gasteiger partial charge on any atom is 0.415 e. The fourth-order valence-electron chi connectivity index (χ4n) is 4.55. The fraction of sp³-hybridized carbons (Fsp3) is 0.226. The lowest BCUT2D eigenvalue weighted by Gasteiger charge is -2.38. The lowest BCUT2D eigenvalue weighted by Crippen LogP contribution is -2.59. The first-order chi connectivity index (χ1) is 19.9. The Morgan fingerprint density at radius 1 is 0.927 bits per heavy atom. The minimum atomic E-state index is -1.21. The van der Waals surface area contributed by atoms with Gasteiger partial charge in [-0.25, -0.2) is 14.6 Å². The van der Waals surface area contributed by atoms with Gasteiger partial charge < -0.3 is 28.8 Å². The largest absolute Gasteiger partial charge is 0.493 e. The van der Waals surface area contributed by atoms with E-state index in [9.17, 15) is 19.5 Å². The summed E-state index contributed by atoms with van der Waals surface area (Å²) in [5.41, 5.74) is 2.03. The summed E-state index contributed by atoms with van der Waals surface area (Å²) in [6.07, 6.45) is -0.117. The van der Waals surface area contributed by atoms with E-state index >= 15 is 0 Å². The van der Waals surface area contributed by atoms with Crippen molar-refractivity contribution in [2.45, 2.75) is 19.4 Å². The summed E-state index contributed by atoms with van der Waals surface area (Å²) in [6, 6.07) is 23.5. The van der Waals surface area contributed by atoms with Gasteiger partial charge in [-0.1, -0.05) is 36.4 Å². The van der Waals surface area contributed by atoms with Gasteiger partial charge in [0.05, 0.1) is 18.8 Å². The molecule has 0 radical (unpaired) electrons. The predicted octanol–water partition coefficient (Wildman–Crippen LogP) is 4.68. The van der Waals surface area contributed by atoms with Crippen molar-refractivity contribution in [1.82, 2.24) is 14.8 Å². The molecule has 0 saturated carbocycles. The maximum atomic E-state index is 13.2. The lowest BCUT2D eigenvalue weighted by molar-refractivity contribution is -0.144. The molecule has 0 bridgehead atoms. The van der Waals surface area contributed by atoms with Gasteiger partial charge in [0.25, 0.3) is 5.91 Å². The Balaban J connectivity index is 1.16. The van der Waals surface area contributed by atoms with Gasteiger partial charge in [-0.2, -0.15) is 0 Å². The first-order valence-corrected chi connectivity index (χ1v) is 13.2. The highest BCUT2D eigenvalue weighted by molar-refractivity contribution is 5.97. The van der Waals surface area contributed by atoms with Crippen molar-refractivity contribution < 1.29 is 33.4 Å². The topological polar surface area (TPSA) is 122 Å². The highest BCUT2D eigenvalue weighted by Crippen LogP contribution is 2.23. The monoisotopic (exact) mass is 555 g/mol. The molecule has 10 nitrogen and oxygen atoms in total. The molecule has 5 rings (SSSR count). The Hall–Kier alpha value is -5.12. The zero-order valence-corrected chi connectivity index (χ0v) is 22.4. The lowest BCUT2D eigenvalue weighted by atomic mass is 10.1. The third-order valence-corrected chi connectivity index (χ3v) is 6.76. The molecule has 210 valence electrons. The van der Waals surface area contributed by atoms with Crippen LogP contribution in [0.15, 0.2) is 89.3 Å². The molecule has 3 aromatic carbocycles. The second-order valence-corrected chi connectivity index (χ2v) is 9.49. The number of hydrogen-bond donors (Lipinski definition) is 1. The zero-order chi connectivity index (χ0) is 28.8. The number of aromatic nitrogens is 1. The number of amides is 2. The normalized spacial score (nSPS) is 14.9. The Labute approximate surface area is 236 Å². The Morgan fingerprint density at radius 3 is 2.29 bits per heavy atom. The van der Waals surface area contributed by atoms with Crippen molar-refractivity contribution in [3.05, 3.63) is 102 Å². The molecule has 1 atom stereocenters. The van der Waals surface area contributed by atoms with Crippen LogP contribution in [0.1, 0.15) is 21.8 Å². The summed E-state index contributed by atoms with van der Waals surface area (Å²) < 4.78 is 17.0. The van der Waals surface area contributed by atoms with Crippen LogP contribution >= 0.6 is 0 Å². The van der Waals surface area contributed by atoms with Gasteiger partial charge in [-0.3, -0.25) is 4.79 Å². The number of carbonyl (C=O) groups is 3. The van der Waals surface area contributed by atoms with E-state index in [0.717, 1.165) is 17.0 Å². The number of ether oxygens (including phenoxy) is 2. The van der Waals surface area contributed by atoms with Gasteiger partial charge in [0.2, 0.25) is 5.89 Å². The molecule has 0 aliphatic carbocycles. The summed E-state index contributed by atoms with van der Waals surface area (Å²) in [5, 5.41) is 9.81. The number of para-hydroxylation sites is 1. The number of piperazine rings is 1. The van der Waals surface area contributed by atoms with Crippen molar-refractivity contribution in [3.8, 4) is 23.0 Å². The summed E-state index contributed by atoms with van der Waals surface area (Å²) in [7, 11) is 0. The second-order valence-electron chi connectivity index (χ2n) is 9.49. The van der Waals surface area contributed by atoms with Crippen LogP contribution in [0.2, 0.25) is 0 Å². The SMILES string of the molecule is Cc1oc(-c2ccccc2)nc1CCOc1ccc(C(=O)N2CCN(C(=O)Oc3ccccc3)CC2C(=O)O)cc1. The second kappa shape index (κ2) is 12.4. The van der Waals surface area contributed by atoms with Gasteiger partial charge in [-0.05, 0) is 55.5 Å². The third-order valence-electron chi connectivity index (χ3n) is 6.76. The number of nitrogens with zero attached hydrogens (tertiary/aromatic N) is 3. The smallest absolute Gasteiger partial charge is 0.415 e. The molecular weight excluding hydrogens is 526 g/mol. The number of aryl methyl sites for hydroxylation is 1. The average molecular weight is 556 g/mol. The number of oxazole rings is 1. The van der Waals surface area contributed by atoms with Gasteiger partial charge in [-0.15, -0.1) is 0 Å². The molecule has 1 N–H and O–H groups in total. The standard InChI is InChI=1S/C31H29N3O7/c1-21-26(32-28(40-21)22-8-4-2-5-9-22)16-19-39-24-14-12-23(13-15-24)29(35)34-18-17-33(20-27(34)30(36)37)31(38)41-25-10-6-3-7-11-25/h2-15,27H,16-20H2,1H3,(H,36,37). The van der Waals surface area contributed by atoms with Crippen molar-refractivity contribution in [2.75, 3.05) is 26.2 Å². The van der Waals surface area contributed by atoms with Gasteiger partial charge in [0.15, 0.2) is 0 Å². The van der Waals surface area contributed by atoms with Crippen LogP contribution in [0.25, 0.3) is 11.5 Å². The Kier molecular flexibility index (Phi) is 8.28. The first kappa shape index (κ1) is 27.4. The van der Waals surface area contributed by atoms with Gasteiger partial charge >= 0.3 is 12.1 Å². The molecule has 10 heteroatoms. The molecule has 1 aliphatic heterocycles. The van der Waals surface area contributed by atoms with E-state index in [2.05, 4.69) is 4.98 Å². The van der Waals surface area contributed by atoms with E-state index in [0.29, 0.717) is 36.0 Å². The van der Waals surface area contributed by atoms with Crippen LogP contribution < -0.4 is 9.47 Å². The van der Waals surface area contributed by atoms with E-state index < -0.39 is 24.0 Å². The van der Waals surface area contributed by atoms with Crippen molar-refractivity contribution >= 4 is 18.0 Å². The third kappa shape index (κ3) is 6.55. The van der Waals surface area contributed by atoms with Crippen molar-refractivity contribution in [2.24, 2.45) is 0 Å². The molecule has 1 aromatic heterocycles. The van der Waals surface area contributed by atoms with E-state index in [1.807, 2.05) is 37.3 Å². The number of benzene rings is 3. The highest BCUT2D eigenvalue weighted by Gasteiger charge is 2.38. The van der Waals surface area contributed by atoms with Crippen LogP contribution in [0.3, 0.4) is 0 Å². The van der Waals surface area contributed by atoms with Gasteiger partial charge in [0, 0.05) is 30.6 Å². The summed E-state index contributed by atoms with van der Waals surface area (Å²) in [5.74, 6) is 0.581. The van der Waals surface area contributed by atoms with Crippen LogP contribution in [-0.2, 0) is 11.2 Å². The summed E-state index contributed by atoms with van der Waals surface area (Å²) >= 11 is 0. The quantitative estimate of drug-likeness (QED) is 0.333. The summed E-state index contributed by atoms with van der Waals surface area (Å²) in [6.45, 7) is 2.25. The number of carbonyl (C=O) groups excluding carboxylic acids is 2. The number of rotatable bonds is 8. The molecule has 1 fully saturated rings. The van der Waals surface area contributed by atoms with Gasteiger partial charge in [0.1, 0.15) is 23.3 Å². The molecular formula is C31H29N3O7. The molecule has 2 heterocycles. The number of hydrogen-bond acceptors (Lipinski definition) is 7. The molecule has 1 unspecified atom stereocenters. The van der Waals surface area contributed by atoms with Crippen molar-refractivity contribution in [3.63, 3.8) is 0 Å². The zero-order valence-electron chi connectivity index (χ0n) is 22.4. The molecule has 0 spiro atoms. The highest BCUT2D eigenvalue weighted by atomic mass is 16.6. The number of aliphatic carboxylic acids is 1. The maximum absolute atomic E-state index is 13.2. The molecule has 41 heavy (non-hydrogen) atoms. The van der Waals surface area contributed by atoms with E-state index in [1.165, 1.54) is 9.80 Å². The molecule has 2 amide bonds. The van der Waals surface area contributed by atoms with E-state index in [-0.39, 0.29) is 19.6 Å².